The van der Waals surface area contributed by atoms with E-state index in [0.717, 1.165) is 16.4 Å². The Morgan fingerprint density at radius 2 is 1.64 bits per heavy atom. The highest BCUT2D eigenvalue weighted by Crippen LogP contribution is 2.34. The van der Waals surface area contributed by atoms with Gasteiger partial charge in [0.15, 0.2) is 0 Å². The van der Waals surface area contributed by atoms with Crippen LogP contribution in [0, 0.1) is 13.1 Å². The van der Waals surface area contributed by atoms with Gasteiger partial charge in [-0.1, -0.05) is 0 Å². The number of carbonyl (C=O) groups excluding carboxylic acids is 2. The molecule has 0 saturated carbocycles. The summed E-state index contributed by atoms with van der Waals surface area (Å²) in [7, 11) is 0. The number of esters is 1. The monoisotopic (exact) mass is 615 g/mol. The number of piperidine rings is 1. The molecule has 0 aliphatic carbocycles. The van der Waals surface area contributed by atoms with Crippen LogP contribution >= 0.6 is 45.2 Å². The SMILES string of the molecule is CC(C)(C)OC(=O)N1CCC(C(C)(C)OC(=O)c2cc(I)cc(I)c2O)CC1. The molecule has 0 spiro atoms. The van der Waals surface area contributed by atoms with Crippen LogP contribution in [0.3, 0.4) is 0 Å². The summed E-state index contributed by atoms with van der Waals surface area (Å²) in [6.45, 7) is 10.4. The van der Waals surface area contributed by atoms with Gasteiger partial charge in [-0.3, -0.25) is 0 Å². The first-order valence-electron chi connectivity index (χ1n) is 9.19. The molecule has 0 aromatic heterocycles. The Morgan fingerprint density at radius 1 is 1.07 bits per heavy atom. The Morgan fingerprint density at radius 3 is 2.18 bits per heavy atom. The van der Waals surface area contributed by atoms with Gasteiger partial charge < -0.3 is 19.5 Å². The number of hydrogen-bond acceptors (Lipinski definition) is 5. The van der Waals surface area contributed by atoms with Crippen LogP contribution in [0.15, 0.2) is 12.1 Å². The first kappa shape index (κ1) is 23.5. The molecule has 0 bridgehead atoms. The van der Waals surface area contributed by atoms with Crippen LogP contribution in [0.2, 0.25) is 0 Å². The Kier molecular flexibility index (Phi) is 7.49. The average Bonchev–Trinajstić information content (AvgIpc) is 2.56. The Labute approximate surface area is 193 Å². The average molecular weight is 615 g/mol. The lowest BCUT2D eigenvalue weighted by atomic mass is 9.83. The number of phenolic OH excluding ortho intramolecular Hbond substituents is 1. The molecule has 1 aliphatic heterocycles. The molecule has 1 saturated heterocycles. The number of benzene rings is 1. The molecule has 156 valence electrons. The largest absolute Gasteiger partial charge is 0.506 e. The maximum absolute atomic E-state index is 12.7. The molecule has 2 rings (SSSR count). The molecular formula is C20H27I2NO5. The lowest BCUT2D eigenvalue weighted by Gasteiger charge is -2.40. The van der Waals surface area contributed by atoms with Gasteiger partial charge in [-0.05, 0) is 105 Å². The van der Waals surface area contributed by atoms with E-state index < -0.39 is 17.2 Å². The van der Waals surface area contributed by atoms with Crippen molar-refractivity contribution in [1.29, 1.82) is 0 Å². The minimum Gasteiger partial charge on any atom is -0.506 e. The molecule has 28 heavy (non-hydrogen) atoms. The highest BCUT2D eigenvalue weighted by molar-refractivity contribution is 14.1. The van der Waals surface area contributed by atoms with Crippen molar-refractivity contribution in [2.75, 3.05) is 13.1 Å². The van der Waals surface area contributed by atoms with Gasteiger partial charge in [-0.15, -0.1) is 0 Å². The fourth-order valence-electron chi connectivity index (χ4n) is 3.18. The van der Waals surface area contributed by atoms with E-state index in [4.69, 9.17) is 9.47 Å². The van der Waals surface area contributed by atoms with E-state index in [1.54, 1.807) is 17.0 Å². The Balaban J connectivity index is 2.01. The zero-order valence-corrected chi connectivity index (χ0v) is 21.2. The van der Waals surface area contributed by atoms with Crippen molar-refractivity contribution in [1.82, 2.24) is 4.90 Å². The first-order valence-corrected chi connectivity index (χ1v) is 11.3. The zero-order valence-electron chi connectivity index (χ0n) is 16.8. The summed E-state index contributed by atoms with van der Waals surface area (Å²) in [4.78, 5) is 26.6. The molecule has 1 heterocycles. The molecule has 0 atom stereocenters. The van der Waals surface area contributed by atoms with Crippen LogP contribution in [0.25, 0.3) is 0 Å². The zero-order chi connectivity index (χ0) is 21.3. The lowest BCUT2D eigenvalue weighted by molar-refractivity contribution is -0.0479. The highest BCUT2D eigenvalue weighted by atomic mass is 127. The third kappa shape index (κ3) is 6.11. The van der Waals surface area contributed by atoms with Gasteiger partial charge in [-0.2, -0.15) is 0 Å². The van der Waals surface area contributed by atoms with Gasteiger partial charge in [0.05, 0.1) is 3.57 Å². The number of hydrogen-bond donors (Lipinski definition) is 1. The van der Waals surface area contributed by atoms with Crippen molar-refractivity contribution >= 4 is 57.2 Å². The number of nitrogens with zero attached hydrogens (tertiary/aromatic N) is 1. The molecule has 0 unspecified atom stereocenters. The van der Waals surface area contributed by atoms with Gasteiger partial charge in [-0.25, -0.2) is 9.59 Å². The van der Waals surface area contributed by atoms with Crippen LogP contribution in [0.4, 0.5) is 4.79 Å². The molecule has 1 N–H and O–H groups in total. The minimum atomic E-state index is -0.712. The number of ether oxygens (including phenoxy) is 2. The first-order chi connectivity index (χ1) is 12.8. The van der Waals surface area contributed by atoms with Crippen molar-refractivity contribution in [2.45, 2.75) is 58.7 Å². The summed E-state index contributed by atoms with van der Waals surface area (Å²) in [5.41, 5.74) is -1.05. The van der Waals surface area contributed by atoms with E-state index in [0.29, 0.717) is 16.7 Å². The second-order valence-corrected chi connectivity index (χ2v) is 10.9. The predicted octanol–water partition coefficient (Wildman–Crippen LogP) is 5.18. The van der Waals surface area contributed by atoms with E-state index in [9.17, 15) is 14.7 Å². The van der Waals surface area contributed by atoms with Crippen molar-refractivity contribution in [2.24, 2.45) is 5.92 Å². The summed E-state index contributed by atoms with van der Waals surface area (Å²) in [5.74, 6) is -0.478. The summed E-state index contributed by atoms with van der Waals surface area (Å²) < 4.78 is 12.7. The third-order valence-electron chi connectivity index (χ3n) is 4.73. The van der Waals surface area contributed by atoms with Crippen molar-refractivity contribution < 1.29 is 24.2 Å². The molecule has 1 aliphatic rings. The summed E-state index contributed by atoms with van der Waals surface area (Å²) in [5, 5.41) is 10.2. The number of likely N-dealkylation sites (tertiary alicyclic amines) is 1. The maximum Gasteiger partial charge on any atom is 0.410 e. The van der Waals surface area contributed by atoms with Gasteiger partial charge >= 0.3 is 12.1 Å². The van der Waals surface area contributed by atoms with Gasteiger partial charge in [0.1, 0.15) is 22.5 Å². The van der Waals surface area contributed by atoms with E-state index in [1.807, 2.05) is 57.2 Å². The maximum atomic E-state index is 12.7. The molecule has 1 fully saturated rings. The number of rotatable bonds is 3. The predicted molar refractivity (Wildman–Crippen MR) is 124 cm³/mol. The van der Waals surface area contributed by atoms with E-state index in [1.165, 1.54) is 0 Å². The number of carbonyl (C=O) groups is 2. The number of phenols is 1. The van der Waals surface area contributed by atoms with Crippen LogP contribution in [-0.2, 0) is 9.47 Å². The van der Waals surface area contributed by atoms with E-state index in [2.05, 4.69) is 22.6 Å². The van der Waals surface area contributed by atoms with Gasteiger partial charge in [0.2, 0.25) is 0 Å². The lowest BCUT2D eigenvalue weighted by Crippen LogP contribution is -2.47. The molecule has 1 amide bonds. The topological polar surface area (TPSA) is 76.1 Å². The fraction of sp³-hybridized carbons (Fsp3) is 0.600. The van der Waals surface area contributed by atoms with E-state index in [-0.39, 0.29) is 23.3 Å². The van der Waals surface area contributed by atoms with Crippen molar-refractivity contribution in [3.63, 3.8) is 0 Å². The molecule has 6 nitrogen and oxygen atoms in total. The third-order valence-corrected chi connectivity index (χ3v) is 6.18. The van der Waals surface area contributed by atoms with E-state index >= 15 is 0 Å². The molecule has 1 aromatic rings. The van der Waals surface area contributed by atoms with Crippen LogP contribution in [0.5, 0.6) is 5.75 Å². The van der Waals surface area contributed by atoms with Crippen molar-refractivity contribution in [3.8, 4) is 5.75 Å². The number of aromatic hydroxyl groups is 1. The van der Waals surface area contributed by atoms with Gasteiger partial charge in [0, 0.05) is 22.6 Å². The standard InChI is InChI=1S/C20H27I2NO5/c1-19(2,3)28-18(26)23-8-6-12(7-9-23)20(4,5)27-17(25)14-10-13(21)11-15(22)16(14)24/h10-12,24H,6-9H2,1-5H3. The van der Waals surface area contributed by atoms with Gasteiger partial charge in [0.25, 0.3) is 0 Å². The number of halogens is 2. The molecule has 8 heteroatoms. The molecular weight excluding hydrogens is 588 g/mol. The van der Waals surface area contributed by atoms with Crippen LogP contribution in [-0.4, -0.2) is 46.4 Å². The Bertz CT molecular complexity index is 750. The molecule has 0 radical (unpaired) electrons. The van der Waals surface area contributed by atoms with Crippen LogP contribution in [0.1, 0.15) is 57.8 Å². The summed E-state index contributed by atoms with van der Waals surface area (Å²) in [6.07, 6.45) is 1.13. The fourth-order valence-corrected chi connectivity index (χ4v) is 5.03. The number of amides is 1. The summed E-state index contributed by atoms with van der Waals surface area (Å²) in [6, 6.07) is 3.42. The smallest absolute Gasteiger partial charge is 0.410 e. The quantitative estimate of drug-likeness (QED) is 0.375. The second kappa shape index (κ2) is 8.93. The minimum absolute atomic E-state index is 0.0541. The molecule has 1 aromatic carbocycles. The second-order valence-electron chi connectivity index (χ2n) is 8.52. The van der Waals surface area contributed by atoms with Crippen molar-refractivity contribution in [3.05, 3.63) is 24.8 Å². The Hall–Kier alpha value is -0.780. The van der Waals surface area contributed by atoms with Crippen LogP contribution < -0.4 is 0 Å². The highest BCUT2D eigenvalue weighted by Gasteiger charge is 2.38. The normalized spacial score (nSPS) is 16.0. The summed E-state index contributed by atoms with van der Waals surface area (Å²) >= 11 is 4.10.